The third-order valence-corrected chi connectivity index (χ3v) is 6.04. The monoisotopic (exact) mass is 423 g/mol. The van der Waals surface area contributed by atoms with Crippen molar-refractivity contribution in [3.63, 3.8) is 0 Å². The Labute approximate surface area is 183 Å². The summed E-state index contributed by atoms with van der Waals surface area (Å²) in [7, 11) is 1.85. The standard InChI is InChI=1S/C24H30FN5O/c1-17-13-15-30(28-17)22-11-7-19(8-12-22)24(31)29(2)14-3-4-21-16-23(27-26-21)18-5-9-20(25)10-6-18/h5-12,21,23,26-27H,3-4,13-16H2,1-2H3. The van der Waals surface area contributed by atoms with Crippen molar-refractivity contribution in [3.05, 3.63) is 65.5 Å². The van der Waals surface area contributed by atoms with Crippen LogP contribution in [0.4, 0.5) is 10.1 Å². The SMILES string of the molecule is CC1=NN(c2ccc(C(=O)N(C)CCCC3CC(c4ccc(F)cc4)NN3)cc2)CC1. The topological polar surface area (TPSA) is 60.0 Å². The number of hydrogen-bond donors (Lipinski definition) is 2. The molecule has 2 aromatic rings. The van der Waals surface area contributed by atoms with Gasteiger partial charge >= 0.3 is 0 Å². The molecule has 0 aliphatic carbocycles. The number of anilines is 1. The smallest absolute Gasteiger partial charge is 0.253 e. The second-order valence-electron chi connectivity index (χ2n) is 8.45. The fraction of sp³-hybridized carbons (Fsp3) is 0.417. The van der Waals surface area contributed by atoms with Crippen molar-refractivity contribution in [3.8, 4) is 0 Å². The molecule has 6 nitrogen and oxygen atoms in total. The zero-order chi connectivity index (χ0) is 21.8. The number of hydrogen-bond acceptors (Lipinski definition) is 5. The molecule has 31 heavy (non-hydrogen) atoms. The molecule has 2 aliphatic heterocycles. The van der Waals surface area contributed by atoms with Crippen molar-refractivity contribution in [2.75, 3.05) is 25.1 Å². The molecule has 2 N–H and O–H groups in total. The molecule has 2 unspecified atom stereocenters. The molecule has 0 saturated carbocycles. The number of benzene rings is 2. The van der Waals surface area contributed by atoms with Crippen LogP contribution in [0.15, 0.2) is 53.6 Å². The van der Waals surface area contributed by atoms with Crippen molar-refractivity contribution < 1.29 is 9.18 Å². The predicted octanol–water partition coefficient (Wildman–Crippen LogP) is 3.87. The summed E-state index contributed by atoms with van der Waals surface area (Å²) in [4.78, 5) is 14.5. The summed E-state index contributed by atoms with van der Waals surface area (Å²) in [5, 5.41) is 6.48. The van der Waals surface area contributed by atoms with Crippen LogP contribution in [0.3, 0.4) is 0 Å². The maximum atomic E-state index is 13.1. The number of hydrazine groups is 1. The molecule has 4 rings (SSSR count). The third-order valence-electron chi connectivity index (χ3n) is 6.04. The lowest BCUT2D eigenvalue weighted by atomic mass is 9.99. The first-order chi connectivity index (χ1) is 15.0. The molecule has 2 aromatic carbocycles. The third kappa shape index (κ3) is 5.29. The van der Waals surface area contributed by atoms with E-state index in [-0.39, 0.29) is 17.8 Å². The van der Waals surface area contributed by atoms with E-state index < -0.39 is 0 Å². The Morgan fingerprint density at radius 3 is 2.58 bits per heavy atom. The van der Waals surface area contributed by atoms with Crippen molar-refractivity contribution in [2.45, 2.75) is 44.7 Å². The van der Waals surface area contributed by atoms with Gasteiger partial charge in [-0.3, -0.25) is 20.7 Å². The van der Waals surface area contributed by atoms with Crippen molar-refractivity contribution in [1.82, 2.24) is 15.8 Å². The number of rotatable bonds is 7. The molecule has 0 aromatic heterocycles. The van der Waals surface area contributed by atoms with Crippen LogP contribution < -0.4 is 15.9 Å². The summed E-state index contributed by atoms with van der Waals surface area (Å²) >= 11 is 0. The van der Waals surface area contributed by atoms with Gasteiger partial charge in [0.25, 0.3) is 5.91 Å². The first-order valence-corrected chi connectivity index (χ1v) is 10.9. The Hall–Kier alpha value is -2.77. The van der Waals surface area contributed by atoms with Crippen LogP contribution in [0.1, 0.15) is 54.6 Å². The maximum Gasteiger partial charge on any atom is 0.253 e. The largest absolute Gasteiger partial charge is 0.342 e. The number of amides is 1. The molecule has 164 valence electrons. The van der Waals surface area contributed by atoms with Crippen LogP contribution in [-0.4, -0.2) is 42.7 Å². The lowest BCUT2D eigenvalue weighted by Gasteiger charge is -2.19. The fourth-order valence-electron chi connectivity index (χ4n) is 4.16. The van der Waals surface area contributed by atoms with E-state index in [4.69, 9.17) is 0 Å². The minimum absolute atomic E-state index is 0.0364. The van der Waals surface area contributed by atoms with E-state index in [9.17, 15) is 9.18 Å². The van der Waals surface area contributed by atoms with E-state index >= 15 is 0 Å². The van der Waals surface area contributed by atoms with Gasteiger partial charge in [-0.25, -0.2) is 4.39 Å². The van der Waals surface area contributed by atoms with Gasteiger partial charge in [0.2, 0.25) is 0 Å². The van der Waals surface area contributed by atoms with Gasteiger partial charge in [-0.05, 0) is 68.1 Å². The Bertz CT molecular complexity index is 928. The van der Waals surface area contributed by atoms with E-state index in [0.717, 1.165) is 49.2 Å². The Kier molecular flexibility index (Phi) is 6.63. The molecule has 0 radical (unpaired) electrons. The molecular formula is C24H30FN5O. The van der Waals surface area contributed by atoms with E-state index in [0.29, 0.717) is 18.2 Å². The molecule has 2 aliphatic rings. The summed E-state index contributed by atoms with van der Waals surface area (Å²) in [6.45, 7) is 3.63. The predicted molar refractivity (Wildman–Crippen MR) is 122 cm³/mol. The molecular weight excluding hydrogens is 393 g/mol. The van der Waals surface area contributed by atoms with Gasteiger partial charge in [0, 0.05) is 49.9 Å². The zero-order valence-electron chi connectivity index (χ0n) is 18.1. The first-order valence-electron chi connectivity index (χ1n) is 10.9. The van der Waals surface area contributed by atoms with Crippen molar-refractivity contribution in [2.24, 2.45) is 5.10 Å². The highest BCUT2D eigenvalue weighted by Gasteiger charge is 2.25. The van der Waals surface area contributed by atoms with Crippen molar-refractivity contribution >= 4 is 17.3 Å². The number of hydrazone groups is 1. The Morgan fingerprint density at radius 2 is 1.90 bits per heavy atom. The van der Waals surface area contributed by atoms with Crippen LogP contribution >= 0.6 is 0 Å². The molecule has 0 spiro atoms. The quantitative estimate of drug-likeness (QED) is 0.710. The normalized spacial score (nSPS) is 20.7. The number of nitrogens with zero attached hydrogens (tertiary/aromatic N) is 3. The highest BCUT2D eigenvalue weighted by atomic mass is 19.1. The second-order valence-corrected chi connectivity index (χ2v) is 8.45. The zero-order valence-corrected chi connectivity index (χ0v) is 18.1. The minimum Gasteiger partial charge on any atom is -0.342 e. The van der Waals surface area contributed by atoms with Gasteiger partial charge < -0.3 is 4.90 Å². The molecule has 2 heterocycles. The van der Waals surface area contributed by atoms with E-state index in [1.54, 1.807) is 4.90 Å². The molecule has 7 heteroatoms. The van der Waals surface area contributed by atoms with Gasteiger partial charge in [-0.2, -0.15) is 5.10 Å². The average molecular weight is 424 g/mol. The summed E-state index contributed by atoms with van der Waals surface area (Å²) in [5.74, 6) is -0.178. The lowest BCUT2D eigenvalue weighted by molar-refractivity contribution is 0.0791. The number of halogens is 1. The summed E-state index contributed by atoms with van der Waals surface area (Å²) in [5.41, 5.74) is 10.6. The van der Waals surface area contributed by atoms with Gasteiger partial charge in [0.05, 0.1) is 5.69 Å². The lowest BCUT2D eigenvalue weighted by Crippen LogP contribution is -2.32. The second kappa shape index (κ2) is 9.58. The summed E-state index contributed by atoms with van der Waals surface area (Å²) in [6.07, 6.45) is 3.81. The van der Waals surface area contributed by atoms with Crippen LogP contribution in [0.5, 0.6) is 0 Å². The molecule has 1 saturated heterocycles. The minimum atomic E-state index is -0.215. The highest BCUT2D eigenvalue weighted by Crippen LogP contribution is 2.24. The Morgan fingerprint density at radius 1 is 1.16 bits per heavy atom. The van der Waals surface area contributed by atoms with Crippen LogP contribution in [-0.2, 0) is 0 Å². The average Bonchev–Trinajstić information content (AvgIpc) is 3.43. The first kappa shape index (κ1) is 21.5. The van der Waals surface area contributed by atoms with E-state index in [1.165, 1.54) is 12.1 Å². The van der Waals surface area contributed by atoms with E-state index in [1.807, 2.05) is 55.4 Å². The molecule has 1 amide bonds. The van der Waals surface area contributed by atoms with Gasteiger partial charge in [0.1, 0.15) is 5.82 Å². The van der Waals surface area contributed by atoms with Gasteiger partial charge in [-0.15, -0.1) is 0 Å². The number of carbonyl (C=O) groups excluding carboxylic acids is 1. The number of nitrogens with one attached hydrogen (secondary N) is 2. The molecule has 1 fully saturated rings. The summed E-state index contributed by atoms with van der Waals surface area (Å²) < 4.78 is 13.1. The van der Waals surface area contributed by atoms with Crippen molar-refractivity contribution in [1.29, 1.82) is 0 Å². The summed E-state index contributed by atoms with van der Waals surface area (Å²) in [6, 6.07) is 14.9. The molecule has 0 bridgehead atoms. The Balaban J connectivity index is 1.22. The number of carbonyl (C=O) groups is 1. The van der Waals surface area contributed by atoms with Crippen LogP contribution in [0.25, 0.3) is 0 Å². The van der Waals surface area contributed by atoms with Crippen LogP contribution in [0, 0.1) is 5.82 Å². The fourth-order valence-corrected chi connectivity index (χ4v) is 4.16. The highest BCUT2D eigenvalue weighted by molar-refractivity contribution is 5.94. The van der Waals surface area contributed by atoms with E-state index in [2.05, 4.69) is 16.0 Å². The van der Waals surface area contributed by atoms with Crippen LogP contribution in [0.2, 0.25) is 0 Å². The van der Waals surface area contributed by atoms with Gasteiger partial charge in [-0.1, -0.05) is 12.1 Å². The molecule has 2 atom stereocenters. The van der Waals surface area contributed by atoms with Gasteiger partial charge in [0.15, 0.2) is 0 Å². The maximum absolute atomic E-state index is 13.1.